The van der Waals surface area contributed by atoms with Crippen molar-refractivity contribution in [2.75, 3.05) is 5.32 Å². The Bertz CT molecular complexity index is 669. The Kier molecular flexibility index (Phi) is 3.74. The first-order valence-electron chi connectivity index (χ1n) is 5.81. The van der Waals surface area contributed by atoms with Gasteiger partial charge in [0.05, 0.1) is 5.56 Å². The first-order valence-corrected chi connectivity index (χ1v) is 5.81. The Morgan fingerprint density at radius 2 is 2.00 bits per heavy atom. The average molecular weight is 273 g/mol. The fraction of sp³-hybridized carbons (Fsp3) is 0.0714. The molecule has 0 radical (unpaired) electrons. The molecule has 102 valence electrons. The number of carbonyl (C=O) groups excluding carboxylic acids is 2. The first-order chi connectivity index (χ1) is 9.49. The third-order valence-corrected chi connectivity index (χ3v) is 2.84. The fourth-order valence-corrected chi connectivity index (χ4v) is 1.74. The number of halogens is 1. The van der Waals surface area contributed by atoms with Crippen LogP contribution in [0.15, 0.2) is 36.5 Å². The Morgan fingerprint density at radius 1 is 1.25 bits per heavy atom. The summed E-state index contributed by atoms with van der Waals surface area (Å²) < 4.78 is 12.7. The molecule has 1 heterocycles. The fourth-order valence-electron chi connectivity index (χ4n) is 1.74. The number of nitrogens with one attached hydrogen (secondary N) is 1. The molecular weight excluding hydrogens is 261 g/mol. The molecule has 0 spiro atoms. The molecule has 3 N–H and O–H groups in total. The van der Waals surface area contributed by atoms with E-state index in [2.05, 4.69) is 10.3 Å². The van der Waals surface area contributed by atoms with Gasteiger partial charge in [-0.15, -0.1) is 0 Å². The summed E-state index contributed by atoms with van der Waals surface area (Å²) >= 11 is 0. The largest absolute Gasteiger partial charge is 0.366 e. The van der Waals surface area contributed by atoms with Crippen LogP contribution in [0.2, 0.25) is 0 Å². The van der Waals surface area contributed by atoms with Crippen molar-refractivity contribution in [2.24, 2.45) is 5.73 Å². The van der Waals surface area contributed by atoms with E-state index < -0.39 is 17.8 Å². The number of carbonyl (C=O) groups is 2. The summed E-state index contributed by atoms with van der Waals surface area (Å²) in [7, 11) is 0. The van der Waals surface area contributed by atoms with Gasteiger partial charge in [-0.3, -0.25) is 9.59 Å². The molecule has 2 rings (SSSR count). The van der Waals surface area contributed by atoms with Crippen molar-refractivity contribution in [3.63, 3.8) is 0 Å². The number of aromatic nitrogens is 1. The van der Waals surface area contributed by atoms with E-state index in [1.807, 2.05) is 0 Å². The Balaban J connectivity index is 2.26. The van der Waals surface area contributed by atoms with E-state index in [9.17, 15) is 14.0 Å². The summed E-state index contributed by atoms with van der Waals surface area (Å²) in [6.07, 6.45) is 1.14. The maximum Gasteiger partial charge on any atom is 0.257 e. The van der Waals surface area contributed by atoms with E-state index in [1.54, 1.807) is 25.1 Å². The average Bonchev–Trinajstić information content (AvgIpc) is 2.41. The molecule has 2 aromatic rings. The summed E-state index contributed by atoms with van der Waals surface area (Å²) in [5, 5.41) is 2.63. The van der Waals surface area contributed by atoms with Gasteiger partial charge in [-0.05, 0) is 36.8 Å². The van der Waals surface area contributed by atoms with Crippen molar-refractivity contribution in [1.82, 2.24) is 4.98 Å². The van der Waals surface area contributed by atoms with Crippen LogP contribution in [0.1, 0.15) is 26.3 Å². The molecule has 1 aromatic heterocycles. The molecule has 0 saturated heterocycles. The Morgan fingerprint density at radius 3 is 2.60 bits per heavy atom. The quantitative estimate of drug-likeness (QED) is 0.837. The molecule has 0 aliphatic rings. The van der Waals surface area contributed by atoms with Gasteiger partial charge in [-0.1, -0.05) is 6.07 Å². The minimum atomic E-state index is -0.659. The normalized spacial score (nSPS) is 10.1. The van der Waals surface area contributed by atoms with Gasteiger partial charge in [0.15, 0.2) is 0 Å². The molecule has 0 unspecified atom stereocenters. The zero-order valence-electron chi connectivity index (χ0n) is 10.7. The van der Waals surface area contributed by atoms with Crippen LogP contribution in [-0.4, -0.2) is 16.8 Å². The van der Waals surface area contributed by atoms with E-state index in [4.69, 9.17) is 5.73 Å². The lowest BCUT2D eigenvalue weighted by Crippen LogP contribution is -2.17. The third kappa shape index (κ3) is 2.80. The maximum absolute atomic E-state index is 12.7. The summed E-state index contributed by atoms with van der Waals surface area (Å²) in [4.78, 5) is 26.6. The van der Waals surface area contributed by atoms with Crippen LogP contribution in [0, 0.1) is 12.9 Å². The van der Waals surface area contributed by atoms with Crippen LogP contribution in [-0.2, 0) is 0 Å². The lowest BCUT2D eigenvalue weighted by Gasteiger charge is -2.10. The van der Waals surface area contributed by atoms with Gasteiger partial charge in [-0.2, -0.15) is 4.39 Å². The number of hydrogen-bond donors (Lipinski definition) is 2. The number of rotatable bonds is 3. The van der Waals surface area contributed by atoms with Crippen molar-refractivity contribution in [1.29, 1.82) is 0 Å². The van der Waals surface area contributed by atoms with E-state index in [1.165, 1.54) is 6.07 Å². The van der Waals surface area contributed by atoms with Crippen LogP contribution >= 0.6 is 0 Å². The zero-order valence-corrected chi connectivity index (χ0v) is 10.7. The minimum absolute atomic E-state index is 0.218. The van der Waals surface area contributed by atoms with Crippen molar-refractivity contribution in [3.05, 3.63) is 59.2 Å². The molecule has 0 aliphatic heterocycles. The SMILES string of the molecule is Cc1c(NC(=O)c2ccc(F)nc2)cccc1C(N)=O. The second-order valence-electron chi connectivity index (χ2n) is 4.17. The Labute approximate surface area is 114 Å². The number of nitrogens with two attached hydrogens (primary N) is 1. The van der Waals surface area contributed by atoms with E-state index >= 15 is 0 Å². The highest BCUT2D eigenvalue weighted by atomic mass is 19.1. The van der Waals surface area contributed by atoms with Crippen molar-refractivity contribution >= 4 is 17.5 Å². The molecule has 0 saturated carbocycles. The van der Waals surface area contributed by atoms with Crippen LogP contribution in [0.5, 0.6) is 0 Å². The zero-order chi connectivity index (χ0) is 14.7. The lowest BCUT2D eigenvalue weighted by atomic mass is 10.1. The number of anilines is 1. The third-order valence-electron chi connectivity index (χ3n) is 2.84. The molecular formula is C14H12FN3O2. The topological polar surface area (TPSA) is 85.1 Å². The molecule has 0 aliphatic carbocycles. The van der Waals surface area contributed by atoms with Gasteiger partial charge in [0.2, 0.25) is 11.9 Å². The van der Waals surface area contributed by atoms with Crippen molar-refractivity contribution in [3.8, 4) is 0 Å². The maximum atomic E-state index is 12.7. The van der Waals surface area contributed by atoms with Crippen LogP contribution in [0.4, 0.5) is 10.1 Å². The first kappa shape index (κ1) is 13.7. The highest BCUT2D eigenvalue weighted by Gasteiger charge is 2.12. The van der Waals surface area contributed by atoms with E-state index in [-0.39, 0.29) is 5.56 Å². The molecule has 20 heavy (non-hydrogen) atoms. The smallest absolute Gasteiger partial charge is 0.257 e. The molecule has 0 atom stereocenters. The van der Waals surface area contributed by atoms with Crippen molar-refractivity contribution in [2.45, 2.75) is 6.92 Å². The van der Waals surface area contributed by atoms with Crippen LogP contribution in [0.25, 0.3) is 0 Å². The monoisotopic (exact) mass is 273 g/mol. The lowest BCUT2D eigenvalue weighted by molar-refractivity contribution is 0.0995. The molecule has 5 nitrogen and oxygen atoms in total. The second kappa shape index (κ2) is 5.48. The van der Waals surface area contributed by atoms with Crippen LogP contribution < -0.4 is 11.1 Å². The minimum Gasteiger partial charge on any atom is -0.366 e. The summed E-state index contributed by atoms with van der Waals surface area (Å²) in [5.41, 5.74) is 6.83. The summed E-state index contributed by atoms with van der Waals surface area (Å²) in [6.45, 7) is 1.68. The predicted molar refractivity (Wildman–Crippen MR) is 71.8 cm³/mol. The highest BCUT2D eigenvalue weighted by Crippen LogP contribution is 2.19. The molecule has 1 aromatic carbocycles. The predicted octanol–water partition coefficient (Wildman–Crippen LogP) is 1.88. The van der Waals surface area contributed by atoms with Gasteiger partial charge in [0, 0.05) is 17.4 Å². The summed E-state index contributed by atoms with van der Waals surface area (Å²) in [5.74, 6) is -1.67. The number of primary amides is 1. The number of benzene rings is 1. The molecule has 0 fully saturated rings. The van der Waals surface area contributed by atoms with Gasteiger partial charge in [0.1, 0.15) is 0 Å². The number of hydrogen-bond acceptors (Lipinski definition) is 3. The number of pyridine rings is 1. The highest BCUT2D eigenvalue weighted by molar-refractivity contribution is 6.05. The summed E-state index contributed by atoms with van der Waals surface area (Å²) in [6, 6.07) is 7.27. The van der Waals surface area contributed by atoms with E-state index in [0.29, 0.717) is 16.8 Å². The Hall–Kier alpha value is -2.76. The van der Waals surface area contributed by atoms with Gasteiger partial charge in [0.25, 0.3) is 5.91 Å². The van der Waals surface area contributed by atoms with E-state index in [0.717, 1.165) is 12.3 Å². The van der Waals surface area contributed by atoms with Gasteiger partial charge in [-0.25, -0.2) is 4.98 Å². The van der Waals surface area contributed by atoms with Crippen molar-refractivity contribution < 1.29 is 14.0 Å². The number of amides is 2. The number of nitrogens with zero attached hydrogens (tertiary/aromatic N) is 1. The van der Waals surface area contributed by atoms with Crippen LogP contribution in [0.3, 0.4) is 0 Å². The molecule has 6 heteroatoms. The molecule has 2 amide bonds. The van der Waals surface area contributed by atoms with Gasteiger partial charge >= 0.3 is 0 Å². The second-order valence-corrected chi connectivity index (χ2v) is 4.17. The molecule has 0 bridgehead atoms. The standard InChI is InChI=1S/C14H12FN3O2/c1-8-10(13(16)19)3-2-4-11(8)18-14(20)9-5-6-12(15)17-7-9/h2-7H,1H3,(H2,16,19)(H,18,20). The van der Waals surface area contributed by atoms with Gasteiger partial charge < -0.3 is 11.1 Å².